The van der Waals surface area contributed by atoms with Gasteiger partial charge in [0.1, 0.15) is 0 Å². The van der Waals surface area contributed by atoms with Crippen molar-refractivity contribution in [2.24, 2.45) is 5.92 Å². The van der Waals surface area contributed by atoms with Crippen LogP contribution in [0.5, 0.6) is 0 Å². The maximum absolute atomic E-state index is 12.2. The number of rotatable bonds is 7. The number of hydrogen-bond donors (Lipinski definition) is 2. The number of anilines is 2. The van der Waals surface area contributed by atoms with Gasteiger partial charge >= 0.3 is 12.0 Å². The third-order valence-electron chi connectivity index (χ3n) is 3.82. The van der Waals surface area contributed by atoms with Crippen molar-refractivity contribution in [3.63, 3.8) is 0 Å². The molecule has 0 aliphatic rings. The van der Waals surface area contributed by atoms with Crippen molar-refractivity contribution < 1.29 is 14.3 Å². The number of ether oxygens (including phenoxy) is 1. The average molecular weight is 359 g/mol. The first-order valence-corrected chi connectivity index (χ1v) is 8.32. The lowest BCUT2D eigenvalue weighted by Gasteiger charge is -2.19. The Kier molecular flexibility index (Phi) is 6.60. The summed E-state index contributed by atoms with van der Waals surface area (Å²) in [6.07, 6.45) is 3.62. The number of methoxy groups -OCH3 is 1. The molecule has 1 atom stereocenters. The summed E-state index contributed by atoms with van der Waals surface area (Å²) in [5.41, 5.74) is 1.75. The number of nitrogens with zero attached hydrogens (tertiary/aromatic N) is 3. The average Bonchev–Trinajstić information content (AvgIpc) is 3.12. The summed E-state index contributed by atoms with van der Waals surface area (Å²) in [4.78, 5) is 25.7. The van der Waals surface area contributed by atoms with E-state index in [1.54, 1.807) is 24.4 Å². The Balaban J connectivity index is 1.96. The van der Waals surface area contributed by atoms with Crippen LogP contribution >= 0.6 is 0 Å². The fourth-order valence-corrected chi connectivity index (χ4v) is 2.48. The Labute approximate surface area is 153 Å². The first kappa shape index (κ1) is 19.3. The van der Waals surface area contributed by atoms with Gasteiger partial charge in [-0.1, -0.05) is 6.92 Å². The lowest BCUT2D eigenvalue weighted by Crippen LogP contribution is -2.34. The molecule has 2 aromatic rings. The van der Waals surface area contributed by atoms with Crippen LogP contribution in [0.25, 0.3) is 0 Å². The summed E-state index contributed by atoms with van der Waals surface area (Å²) in [6.45, 7) is 3.28. The molecule has 8 nitrogen and oxygen atoms in total. The highest BCUT2D eigenvalue weighted by Crippen LogP contribution is 2.26. The van der Waals surface area contributed by atoms with E-state index in [4.69, 9.17) is 4.74 Å². The molecule has 1 aromatic heterocycles. The minimum absolute atomic E-state index is 0.232. The lowest BCUT2D eigenvalue weighted by atomic mass is 10.1. The zero-order valence-electron chi connectivity index (χ0n) is 15.5. The Morgan fingerprint density at radius 1 is 1.35 bits per heavy atom. The number of carbonyl (C=O) groups is 2. The third-order valence-corrected chi connectivity index (χ3v) is 3.82. The van der Waals surface area contributed by atoms with Gasteiger partial charge in [-0.05, 0) is 30.2 Å². The van der Waals surface area contributed by atoms with E-state index >= 15 is 0 Å². The van der Waals surface area contributed by atoms with E-state index in [0.29, 0.717) is 23.5 Å². The van der Waals surface area contributed by atoms with Crippen LogP contribution in [0.3, 0.4) is 0 Å². The van der Waals surface area contributed by atoms with E-state index in [0.717, 1.165) is 6.54 Å². The van der Waals surface area contributed by atoms with Crippen molar-refractivity contribution in [1.82, 2.24) is 15.1 Å². The van der Waals surface area contributed by atoms with Crippen LogP contribution in [-0.2, 0) is 11.3 Å². The first-order valence-electron chi connectivity index (χ1n) is 8.32. The summed E-state index contributed by atoms with van der Waals surface area (Å²) in [7, 11) is 5.01. The summed E-state index contributed by atoms with van der Waals surface area (Å²) >= 11 is 0. The second-order valence-electron chi connectivity index (χ2n) is 6.29. The molecule has 2 N–H and O–H groups in total. The molecule has 1 heterocycles. The summed E-state index contributed by atoms with van der Waals surface area (Å²) in [5, 5.41) is 9.84. The predicted molar refractivity (Wildman–Crippen MR) is 101 cm³/mol. The molecule has 26 heavy (non-hydrogen) atoms. The highest BCUT2D eigenvalue weighted by Gasteiger charge is 2.14. The lowest BCUT2D eigenvalue weighted by molar-refractivity contribution is 0.0601. The number of hydrogen-bond acceptors (Lipinski definition) is 5. The van der Waals surface area contributed by atoms with E-state index in [2.05, 4.69) is 15.7 Å². The molecule has 140 valence electrons. The molecule has 2 rings (SSSR count). The second-order valence-corrected chi connectivity index (χ2v) is 6.29. The SMILES string of the molecule is COC(=O)c1ccc(NC(=O)NC[C@@H](C)Cn2cccn2)c(N(C)C)c1. The largest absolute Gasteiger partial charge is 0.465 e. The Bertz CT molecular complexity index is 743. The predicted octanol–water partition coefficient (Wildman–Crippen LogP) is 2.19. The van der Waals surface area contributed by atoms with Crippen LogP contribution in [0.15, 0.2) is 36.7 Å². The summed E-state index contributed by atoms with van der Waals surface area (Å²) in [6, 6.07) is 6.56. The van der Waals surface area contributed by atoms with Gasteiger partial charge in [0.15, 0.2) is 0 Å². The maximum atomic E-state index is 12.2. The van der Waals surface area contributed by atoms with Crippen LogP contribution in [-0.4, -0.2) is 49.5 Å². The van der Waals surface area contributed by atoms with Gasteiger partial charge in [0.25, 0.3) is 0 Å². The van der Waals surface area contributed by atoms with E-state index in [-0.39, 0.29) is 11.9 Å². The van der Waals surface area contributed by atoms with Gasteiger partial charge in [0.05, 0.1) is 24.0 Å². The molecule has 8 heteroatoms. The number of esters is 1. The monoisotopic (exact) mass is 359 g/mol. The number of aromatic nitrogens is 2. The van der Waals surface area contributed by atoms with Crippen molar-refractivity contribution in [3.8, 4) is 0 Å². The van der Waals surface area contributed by atoms with E-state index in [9.17, 15) is 9.59 Å². The van der Waals surface area contributed by atoms with Gasteiger partial charge in [-0.25, -0.2) is 9.59 Å². The fourth-order valence-electron chi connectivity index (χ4n) is 2.48. The van der Waals surface area contributed by atoms with Crippen LogP contribution in [0.4, 0.5) is 16.2 Å². The summed E-state index contributed by atoms with van der Waals surface area (Å²) < 4.78 is 6.57. The fraction of sp³-hybridized carbons (Fsp3) is 0.389. The Hall–Kier alpha value is -3.03. The molecule has 0 radical (unpaired) electrons. The highest BCUT2D eigenvalue weighted by atomic mass is 16.5. The molecule has 0 bridgehead atoms. The maximum Gasteiger partial charge on any atom is 0.337 e. The molecular weight excluding hydrogens is 334 g/mol. The van der Waals surface area contributed by atoms with Crippen LogP contribution < -0.4 is 15.5 Å². The smallest absolute Gasteiger partial charge is 0.337 e. The van der Waals surface area contributed by atoms with E-state index in [1.165, 1.54) is 7.11 Å². The quantitative estimate of drug-likeness (QED) is 0.740. The molecule has 0 saturated carbocycles. The van der Waals surface area contributed by atoms with Gasteiger partial charge in [-0.3, -0.25) is 4.68 Å². The van der Waals surface area contributed by atoms with E-state index in [1.807, 2.05) is 42.9 Å². The number of urea groups is 1. The zero-order valence-corrected chi connectivity index (χ0v) is 15.5. The Morgan fingerprint density at radius 2 is 2.12 bits per heavy atom. The van der Waals surface area contributed by atoms with Crippen molar-refractivity contribution >= 4 is 23.4 Å². The van der Waals surface area contributed by atoms with Crippen molar-refractivity contribution in [2.75, 3.05) is 38.0 Å². The van der Waals surface area contributed by atoms with Crippen LogP contribution in [0.1, 0.15) is 17.3 Å². The number of benzene rings is 1. The van der Waals surface area contributed by atoms with Gasteiger partial charge in [-0.2, -0.15) is 5.10 Å². The van der Waals surface area contributed by atoms with Crippen molar-refractivity contribution in [3.05, 3.63) is 42.2 Å². The molecule has 0 spiro atoms. The molecule has 0 saturated heterocycles. The van der Waals surface area contributed by atoms with Crippen molar-refractivity contribution in [1.29, 1.82) is 0 Å². The van der Waals surface area contributed by atoms with E-state index < -0.39 is 5.97 Å². The topological polar surface area (TPSA) is 88.5 Å². The number of carbonyl (C=O) groups excluding carboxylic acids is 2. The standard InChI is InChI=1S/C18H25N5O3/c1-13(12-23-9-5-8-20-23)11-19-18(25)21-15-7-6-14(17(24)26-4)10-16(15)22(2)3/h5-10,13H,11-12H2,1-4H3,(H2,19,21,25)/t13-/m1/s1. The molecular formula is C18H25N5O3. The minimum Gasteiger partial charge on any atom is -0.465 e. The van der Waals surface area contributed by atoms with Gasteiger partial charge < -0.3 is 20.3 Å². The highest BCUT2D eigenvalue weighted by molar-refractivity contribution is 5.96. The van der Waals surface area contributed by atoms with Gasteiger partial charge in [0, 0.05) is 39.6 Å². The molecule has 0 fully saturated rings. The molecule has 0 aliphatic carbocycles. The summed E-state index contributed by atoms with van der Waals surface area (Å²) in [5.74, 6) is -0.188. The van der Waals surface area contributed by atoms with Gasteiger partial charge in [0.2, 0.25) is 0 Å². The van der Waals surface area contributed by atoms with Crippen molar-refractivity contribution in [2.45, 2.75) is 13.5 Å². The first-order chi connectivity index (χ1) is 12.4. The number of amides is 2. The number of nitrogens with one attached hydrogen (secondary N) is 2. The zero-order chi connectivity index (χ0) is 19.1. The molecule has 0 aliphatic heterocycles. The normalized spacial score (nSPS) is 11.5. The van der Waals surface area contributed by atoms with Crippen LogP contribution in [0.2, 0.25) is 0 Å². The van der Waals surface area contributed by atoms with Gasteiger partial charge in [-0.15, -0.1) is 0 Å². The Morgan fingerprint density at radius 3 is 2.73 bits per heavy atom. The minimum atomic E-state index is -0.420. The van der Waals surface area contributed by atoms with Crippen LogP contribution in [0, 0.1) is 5.92 Å². The molecule has 2 amide bonds. The molecule has 0 unspecified atom stereocenters. The second kappa shape index (κ2) is 8.89. The molecule has 1 aromatic carbocycles. The third kappa shape index (κ3) is 5.23.